The Morgan fingerprint density at radius 2 is 1.73 bits per heavy atom. The number of nitrogens with one attached hydrogen (secondary N) is 1. The van der Waals surface area contributed by atoms with Crippen LogP contribution in [0.4, 0.5) is 0 Å². The van der Waals surface area contributed by atoms with E-state index in [4.69, 9.17) is 0 Å². The summed E-state index contributed by atoms with van der Waals surface area (Å²) in [5, 5.41) is 2.82. The Morgan fingerprint density at radius 1 is 1.12 bits per heavy atom. The van der Waals surface area contributed by atoms with Gasteiger partial charge in [0.1, 0.15) is 6.04 Å². The van der Waals surface area contributed by atoms with Crippen LogP contribution in [0, 0.1) is 12.8 Å². The number of benzene rings is 1. The molecular weight excluding hydrogens is 330 g/mol. The minimum absolute atomic E-state index is 0.00402. The molecule has 1 atom stereocenters. The van der Waals surface area contributed by atoms with Crippen molar-refractivity contribution in [3.8, 4) is 0 Å². The zero-order valence-corrected chi connectivity index (χ0v) is 16.7. The van der Waals surface area contributed by atoms with Crippen LogP contribution >= 0.6 is 0 Å². The number of carbonyl (C=O) groups excluding carboxylic acids is 3. The topological polar surface area (TPSA) is 69.7 Å². The number of hydrogen-bond donors (Lipinski definition) is 1. The molecule has 0 aromatic heterocycles. The van der Waals surface area contributed by atoms with Crippen molar-refractivity contribution in [3.05, 3.63) is 35.4 Å². The van der Waals surface area contributed by atoms with Gasteiger partial charge in [0, 0.05) is 25.7 Å². The number of nitrogens with zero attached hydrogens (tertiary/aromatic N) is 2. The third-order valence-corrected chi connectivity index (χ3v) is 4.36. The van der Waals surface area contributed by atoms with E-state index in [9.17, 15) is 14.4 Å². The minimum Gasteiger partial charge on any atom is -0.342 e. The Balaban J connectivity index is 2.83. The molecule has 1 N–H and O–H groups in total. The van der Waals surface area contributed by atoms with Gasteiger partial charge in [-0.2, -0.15) is 0 Å². The fourth-order valence-electron chi connectivity index (χ4n) is 2.72. The van der Waals surface area contributed by atoms with Crippen LogP contribution in [0.1, 0.15) is 43.6 Å². The Bertz CT molecular complexity index is 639. The van der Waals surface area contributed by atoms with Crippen molar-refractivity contribution in [1.82, 2.24) is 15.1 Å². The van der Waals surface area contributed by atoms with Crippen molar-refractivity contribution in [3.63, 3.8) is 0 Å². The van der Waals surface area contributed by atoms with Crippen LogP contribution in [-0.2, 0) is 9.59 Å². The van der Waals surface area contributed by atoms with Crippen LogP contribution in [-0.4, -0.2) is 60.2 Å². The normalized spacial score (nSPS) is 11.8. The van der Waals surface area contributed by atoms with Gasteiger partial charge in [-0.05, 0) is 38.8 Å². The maximum absolute atomic E-state index is 12.8. The van der Waals surface area contributed by atoms with E-state index in [0.717, 1.165) is 5.56 Å². The van der Waals surface area contributed by atoms with E-state index in [1.165, 1.54) is 4.90 Å². The van der Waals surface area contributed by atoms with Gasteiger partial charge < -0.3 is 15.1 Å². The highest BCUT2D eigenvalue weighted by Gasteiger charge is 2.28. The SMILES string of the molecule is CCN(CC)C(=O)CN(C)C(=O)C(NC(=O)c1cccc(C)c1)C(C)C. The molecular formula is C20H31N3O3. The van der Waals surface area contributed by atoms with Gasteiger partial charge in [0.2, 0.25) is 11.8 Å². The van der Waals surface area contributed by atoms with Gasteiger partial charge in [-0.15, -0.1) is 0 Å². The highest BCUT2D eigenvalue weighted by molar-refractivity contribution is 5.98. The first-order chi connectivity index (χ1) is 12.2. The molecule has 0 radical (unpaired) electrons. The van der Waals surface area contributed by atoms with Gasteiger partial charge in [-0.1, -0.05) is 31.5 Å². The number of amides is 3. The Hall–Kier alpha value is -2.37. The summed E-state index contributed by atoms with van der Waals surface area (Å²) in [7, 11) is 1.60. The number of carbonyl (C=O) groups is 3. The molecule has 26 heavy (non-hydrogen) atoms. The van der Waals surface area contributed by atoms with Crippen LogP contribution in [0.3, 0.4) is 0 Å². The predicted octanol–water partition coefficient (Wildman–Crippen LogP) is 2.08. The molecule has 1 aromatic rings. The number of hydrogen-bond acceptors (Lipinski definition) is 3. The zero-order chi connectivity index (χ0) is 19.9. The summed E-state index contributed by atoms with van der Waals surface area (Å²) in [5.41, 5.74) is 1.50. The first kappa shape index (κ1) is 21.7. The first-order valence-electron chi connectivity index (χ1n) is 9.11. The molecule has 1 rings (SSSR count). The van der Waals surface area contributed by atoms with Crippen molar-refractivity contribution in [2.24, 2.45) is 5.92 Å². The lowest BCUT2D eigenvalue weighted by Gasteiger charge is -2.28. The summed E-state index contributed by atoms with van der Waals surface area (Å²) in [4.78, 5) is 40.6. The average Bonchev–Trinajstić information content (AvgIpc) is 2.59. The minimum atomic E-state index is -0.683. The molecule has 6 nitrogen and oxygen atoms in total. The highest BCUT2D eigenvalue weighted by Crippen LogP contribution is 2.09. The van der Waals surface area contributed by atoms with Crippen LogP contribution in [0.5, 0.6) is 0 Å². The van der Waals surface area contributed by atoms with Crippen molar-refractivity contribution in [1.29, 1.82) is 0 Å². The number of rotatable bonds is 8. The maximum atomic E-state index is 12.8. The van der Waals surface area contributed by atoms with Crippen LogP contribution < -0.4 is 5.32 Å². The van der Waals surface area contributed by atoms with Crippen molar-refractivity contribution in [2.45, 2.75) is 40.7 Å². The Labute approximate surface area is 156 Å². The number of aryl methyl sites for hydroxylation is 1. The summed E-state index contributed by atoms with van der Waals surface area (Å²) in [6.45, 7) is 10.7. The van der Waals surface area contributed by atoms with Gasteiger partial charge in [0.05, 0.1) is 6.54 Å². The fourth-order valence-corrected chi connectivity index (χ4v) is 2.72. The number of likely N-dealkylation sites (N-methyl/N-ethyl adjacent to an activating group) is 2. The summed E-state index contributed by atoms with van der Waals surface area (Å²) in [6.07, 6.45) is 0. The molecule has 3 amide bonds. The molecule has 0 heterocycles. The van der Waals surface area contributed by atoms with E-state index >= 15 is 0 Å². The highest BCUT2D eigenvalue weighted by atomic mass is 16.2. The first-order valence-corrected chi connectivity index (χ1v) is 9.11. The molecule has 0 aliphatic rings. The Kier molecular flexibility index (Phi) is 8.29. The third-order valence-electron chi connectivity index (χ3n) is 4.36. The van der Waals surface area contributed by atoms with Gasteiger partial charge in [-0.3, -0.25) is 14.4 Å². The van der Waals surface area contributed by atoms with Crippen LogP contribution in [0.2, 0.25) is 0 Å². The predicted molar refractivity (Wildman–Crippen MR) is 103 cm³/mol. The molecule has 1 aromatic carbocycles. The lowest BCUT2D eigenvalue weighted by Crippen LogP contribution is -2.52. The molecule has 0 saturated carbocycles. The molecule has 144 valence electrons. The second-order valence-electron chi connectivity index (χ2n) is 6.82. The largest absolute Gasteiger partial charge is 0.342 e. The van der Waals surface area contributed by atoms with Crippen LogP contribution in [0.25, 0.3) is 0 Å². The summed E-state index contributed by atoms with van der Waals surface area (Å²) in [5.74, 6) is -0.744. The quantitative estimate of drug-likeness (QED) is 0.771. The molecule has 0 fully saturated rings. The van der Waals surface area contributed by atoms with E-state index in [1.54, 1.807) is 24.1 Å². The molecule has 0 bridgehead atoms. The molecule has 0 spiro atoms. The van der Waals surface area contributed by atoms with E-state index in [2.05, 4.69) is 5.32 Å². The van der Waals surface area contributed by atoms with E-state index in [-0.39, 0.29) is 30.2 Å². The molecule has 0 saturated heterocycles. The standard InChI is InChI=1S/C20H31N3O3/c1-7-23(8-2)17(24)13-22(6)20(26)18(14(3)4)21-19(25)16-11-9-10-15(5)12-16/h9-12,14,18H,7-8,13H2,1-6H3,(H,21,25). The molecule has 1 unspecified atom stereocenters. The second-order valence-corrected chi connectivity index (χ2v) is 6.82. The van der Waals surface area contributed by atoms with Gasteiger partial charge in [0.25, 0.3) is 5.91 Å². The third kappa shape index (κ3) is 5.86. The zero-order valence-electron chi connectivity index (χ0n) is 16.7. The summed E-state index contributed by atoms with van der Waals surface area (Å²) >= 11 is 0. The molecule has 0 aliphatic carbocycles. The van der Waals surface area contributed by atoms with Crippen molar-refractivity contribution < 1.29 is 14.4 Å². The second kappa shape index (κ2) is 9.94. The van der Waals surface area contributed by atoms with Gasteiger partial charge in [0.15, 0.2) is 0 Å². The summed E-state index contributed by atoms with van der Waals surface area (Å²) in [6, 6.07) is 6.54. The fraction of sp³-hybridized carbons (Fsp3) is 0.550. The smallest absolute Gasteiger partial charge is 0.251 e. The van der Waals surface area contributed by atoms with Crippen molar-refractivity contribution in [2.75, 3.05) is 26.7 Å². The monoisotopic (exact) mass is 361 g/mol. The maximum Gasteiger partial charge on any atom is 0.251 e. The van der Waals surface area contributed by atoms with Crippen molar-refractivity contribution >= 4 is 17.7 Å². The lowest BCUT2D eigenvalue weighted by molar-refractivity contribution is -0.140. The molecule has 6 heteroatoms. The van der Waals surface area contributed by atoms with E-state index in [1.807, 2.05) is 46.8 Å². The van der Waals surface area contributed by atoms with Gasteiger partial charge in [-0.25, -0.2) is 0 Å². The summed E-state index contributed by atoms with van der Waals surface area (Å²) < 4.78 is 0. The average molecular weight is 361 g/mol. The Morgan fingerprint density at radius 3 is 2.23 bits per heavy atom. The van der Waals surface area contributed by atoms with Crippen LogP contribution in [0.15, 0.2) is 24.3 Å². The molecule has 0 aliphatic heterocycles. The van der Waals surface area contributed by atoms with Gasteiger partial charge >= 0.3 is 0 Å². The van der Waals surface area contributed by atoms with E-state index in [0.29, 0.717) is 18.7 Å². The van der Waals surface area contributed by atoms with E-state index < -0.39 is 6.04 Å². The lowest BCUT2D eigenvalue weighted by atomic mass is 10.0.